The smallest absolute Gasteiger partial charge is 0.142 e. The maximum absolute atomic E-state index is 5.45. The van der Waals surface area contributed by atoms with Gasteiger partial charge in [0.1, 0.15) is 5.84 Å². The lowest BCUT2D eigenvalue weighted by atomic mass is 10.1. The van der Waals surface area contributed by atoms with Gasteiger partial charge in [-0.05, 0) is 38.5 Å². The SMILES string of the molecule is Cc1cc(C(=NC(C)C)NN)ccc1Br. The number of hydrogen-bond donors (Lipinski definition) is 2. The van der Waals surface area contributed by atoms with Crippen molar-refractivity contribution in [3.05, 3.63) is 33.8 Å². The second-order valence-corrected chi connectivity index (χ2v) is 4.53. The molecule has 0 heterocycles. The molecule has 0 fully saturated rings. The first-order valence-electron chi connectivity index (χ1n) is 4.85. The molecule has 0 saturated heterocycles. The molecule has 3 N–H and O–H groups in total. The third-order valence-electron chi connectivity index (χ3n) is 1.96. The van der Waals surface area contributed by atoms with E-state index >= 15 is 0 Å². The number of aliphatic imine (C=N–C) groups is 1. The molecule has 0 atom stereocenters. The van der Waals surface area contributed by atoms with Crippen molar-refractivity contribution in [1.29, 1.82) is 0 Å². The molecule has 4 heteroatoms. The molecule has 15 heavy (non-hydrogen) atoms. The van der Waals surface area contributed by atoms with E-state index in [1.807, 2.05) is 39.0 Å². The van der Waals surface area contributed by atoms with Crippen molar-refractivity contribution >= 4 is 21.8 Å². The first-order valence-corrected chi connectivity index (χ1v) is 5.65. The Balaban J connectivity index is 3.08. The molecule has 1 rings (SSSR count). The second kappa shape index (κ2) is 5.28. The van der Waals surface area contributed by atoms with E-state index < -0.39 is 0 Å². The summed E-state index contributed by atoms with van der Waals surface area (Å²) < 4.78 is 1.09. The fourth-order valence-corrected chi connectivity index (χ4v) is 1.49. The summed E-state index contributed by atoms with van der Waals surface area (Å²) >= 11 is 3.46. The molecule has 82 valence electrons. The van der Waals surface area contributed by atoms with Gasteiger partial charge in [-0.25, -0.2) is 5.84 Å². The van der Waals surface area contributed by atoms with Gasteiger partial charge in [-0.15, -0.1) is 0 Å². The van der Waals surface area contributed by atoms with Gasteiger partial charge in [0.15, 0.2) is 0 Å². The summed E-state index contributed by atoms with van der Waals surface area (Å²) in [6.45, 7) is 6.07. The zero-order valence-electron chi connectivity index (χ0n) is 9.21. The normalized spacial score (nSPS) is 12.0. The summed E-state index contributed by atoms with van der Waals surface area (Å²) in [6, 6.07) is 6.25. The quantitative estimate of drug-likeness (QED) is 0.375. The zero-order chi connectivity index (χ0) is 11.4. The van der Waals surface area contributed by atoms with Gasteiger partial charge in [0, 0.05) is 16.1 Å². The van der Waals surface area contributed by atoms with E-state index in [1.54, 1.807) is 0 Å². The topological polar surface area (TPSA) is 50.4 Å². The fraction of sp³-hybridized carbons (Fsp3) is 0.364. The van der Waals surface area contributed by atoms with Gasteiger partial charge in [-0.1, -0.05) is 22.0 Å². The number of nitrogens with one attached hydrogen (secondary N) is 1. The highest BCUT2D eigenvalue weighted by Crippen LogP contribution is 2.17. The Bertz CT molecular complexity index is 372. The third kappa shape index (κ3) is 3.32. The standard InChI is InChI=1S/C11H16BrN3/c1-7(2)14-11(15-13)9-4-5-10(12)8(3)6-9/h4-7H,13H2,1-3H3,(H,14,15). The van der Waals surface area contributed by atoms with Crippen LogP contribution in [0.4, 0.5) is 0 Å². The van der Waals surface area contributed by atoms with Gasteiger partial charge in [0.05, 0.1) is 0 Å². The second-order valence-electron chi connectivity index (χ2n) is 3.68. The van der Waals surface area contributed by atoms with Gasteiger partial charge in [0.2, 0.25) is 0 Å². The van der Waals surface area contributed by atoms with E-state index in [-0.39, 0.29) is 6.04 Å². The fourth-order valence-electron chi connectivity index (χ4n) is 1.25. The highest BCUT2D eigenvalue weighted by molar-refractivity contribution is 9.10. The molecule has 1 aromatic carbocycles. The molecule has 0 amide bonds. The maximum atomic E-state index is 5.45. The lowest BCUT2D eigenvalue weighted by Crippen LogP contribution is -2.32. The summed E-state index contributed by atoms with van der Waals surface area (Å²) in [6.07, 6.45) is 0. The van der Waals surface area contributed by atoms with Crippen LogP contribution in [0.3, 0.4) is 0 Å². The van der Waals surface area contributed by atoms with Crippen molar-refractivity contribution in [2.45, 2.75) is 26.8 Å². The van der Waals surface area contributed by atoms with Crippen molar-refractivity contribution in [2.24, 2.45) is 10.8 Å². The minimum Gasteiger partial charge on any atom is -0.308 e. The molecule has 0 radical (unpaired) electrons. The Morgan fingerprint density at radius 1 is 1.47 bits per heavy atom. The average molecular weight is 270 g/mol. The maximum Gasteiger partial charge on any atom is 0.142 e. The van der Waals surface area contributed by atoms with Crippen LogP contribution in [-0.2, 0) is 0 Å². The number of nitrogens with zero attached hydrogens (tertiary/aromatic N) is 1. The van der Waals surface area contributed by atoms with Crippen LogP contribution in [0.1, 0.15) is 25.0 Å². The van der Waals surface area contributed by atoms with Crippen LogP contribution in [-0.4, -0.2) is 11.9 Å². The van der Waals surface area contributed by atoms with Gasteiger partial charge >= 0.3 is 0 Å². The molecule has 0 aliphatic carbocycles. The van der Waals surface area contributed by atoms with Crippen LogP contribution in [0.2, 0.25) is 0 Å². The molecular formula is C11H16BrN3. The summed E-state index contributed by atoms with van der Waals surface area (Å²) in [4.78, 5) is 4.40. The Morgan fingerprint density at radius 3 is 2.60 bits per heavy atom. The molecule has 0 aliphatic rings. The molecule has 1 aromatic rings. The molecule has 0 unspecified atom stereocenters. The largest absolute Gasteiger partial charge is 0.308 e. The van der Waals surface area contributed by atoms with E-state index in [9.17, 15) is 0 Å². The van der Waals surface area contributed by atoms with E-state index in [4.69, 9.17) is 5.84 Å². The molecule has 0 aliphatic heterocycles. The number of rotatable bonds is 2. The lowest BCUT2D eigenvalue weighted by molar-refractivity contribution is 0.820. The Kier molecular flexibility index (Phi) is 4.29. The van der Waals surface area contributed by atoms with Gasteiger partial charge in [-0.2, -0.15) is 0 Å². The van der Waals surface area contributed by atoms with Crippen molar-refractivity contribution in [3.63, 3.8) is 0 Å². The summed E-state index contributed by atoms with van der Waals surface area (Å²) in [5.41, 5.74) is 4.80. The summed E-state index contributed by atoms with van der Waals surface area (Å²) in [5, 5.41) is 0. The van der Waals surface area contributed by atoms with Gasteiger partial charge < -0.3 is 5.43 Å². The Hall–Kier alpha value is -0.870. The number of halogens is 1. The highest BCUT2D eigenvalue weighted by Gasteiger charge is 2.04. The number of aryl methyl sites for hydroxylation is 1. The average Bonchev–Trinajstić information content (AvgIpc) is 2.18. The molecule has 0 saturated carbocycles. The van der Waals surface area contributed by atoms with Crippen molar-refractivity contribution < 1.29 is 0 Å². The van der Waals surface area contributed by atoms with Crippen LogP contribution in [0, 0.1) is 6.92 Å². The van der Waals surface area contributed by atoms with Crippen LogP contribution in [0.5, 0.6) is 0 Å². The van der Waals surface area contributed by atoms with E-state index in [0.717, 1.165) is 15.9 Å². The monoisotopic (exact) mass is 269 g/mol. The number of amidine groups is 1. The third-order valence-corrected chi connectivity index (χ3v) is 2.85. The molecule has 3 nitrogen and oxygen atoms in total. The van der Waals surface area contributed by atoms with E-state index in [0.29, 0.717) is 0 Å². The van der Waals surface area contributed by atoms with Crippen molar-refractivity contribution in [1.82, 2.24) is 5.43 Å². The van der Waals surface area contributed by atoms with Crippen LogP contribution < -0.4 is 11.3 Å². The number of hydrogen-bond acceptors (Lipinski definition) is 2. The first-order chi connectivity index (χ1) is 7.04. The Morgan fingerprint density at radius 2 is 2.13 bits per heavy atom. The number of benzene rings is 1. The highest BCUT2D eigenvalue weighted by atomic mass is 79.9. The lowest BCUT2D eigenvalue weighted by Gasteiger charge is -2.09. The summed E-state index contributed by atoms with van der Waals surface area (Å²) in [7, 11) is 0. The van der Waals surface area contributed by atoms with Crippen LogP contribution in [0.25, 0.3) is 0 Å². The molecular weight excluding hydrogens is 254 g/mol. The molecule has 0 aromatic heterocycles. The molecule has 0 bridgehead atoms. The van der Waals surface area contributed by atoms with Crippen LogP contribution >= 0.6 is 15.9 Å². The predicted octanol–water partition coefficient (Wildman–Crippen LogP) is 2.38. The molecule has 0 spiro atoms. The number of nitrogens with two attached hydrogens (primary N) is 1. The van der Waals surface area contributed by atoms with Crippen molar-refractivity contribution in [2.75, 3.05) is 0 Å². The predicted molar refractivity (Wildman–Crippen MR) is 67.9 cm³/mol. The number of hydrazine groups is 1. The first kappa shape index (κ1) is 12.2. The van der Waals surface area contributed by atoms with Gasteiger partial charge in [-0.3, -0.25) is 4.99 Å². The summed E-state index contributed by atoms with van der Waals surface area (Å²) in [5.74, 6) is 6.17. The van der Waals surface area contributed by atoms with Crippen molar-refractivity contribution in [3.8, 4) is 0 Å². The van der Waals surface area contributed by atoms with Crippen LogP contribution in [0.15, 0.2) is 27.7 Å². The zero-order valence-corrected chi connectivity index (χ0v) is 10.8. The van der Waals surface area contributed by atoms with E-state index in [1.165, 1.54) is 5.56 Å². The van der Waals surface area contributed by atoms with E-state index in [2.05, 4.69) is 26.3 Å². The minimum atomic E-state index is 0.222. The Labute approximate surface area is 98.9 Å². The minimum absolute atomic E-state index is 0.222. The van der Waals surface area contributed by atoms with Gasteiger partial charge in [0.25, 0.3) is 0 Å².